The molecule has 2 atom stereocenters. The Morgan fingerprint density at radius 3 is 2.96 bits per heavy atom. The van der Waals surface area contributed by atoms with Crippen molar-refractivity contribution in [3.63, 3.8) is 0 Å². The van der Waals surface area contributed by atoms with Crippen LogP contribution in [0, 0.1) is 5.92 Å². The second kappa shape index (κ2) is 7.61. The lowest BCUT2D eigenvalue weighted by Crippen LogP contribution is -2.54. The van der Waals surface area contributed by atoms with Crippen LogP contribution in [-0.2, 0) is 16.1 Å². The molecular formula is C19H25N3O3S. The largest absolute Gasteiger partial charge is 0.332 e. The number of carbonyl (C=O) groups is 3. The number of hydrogen-bond acceptors (Lipinski definition) is 4. The molecule has 2 fully saturated rings. The number of amides is 4. The van der Waals surface area contributed by atoms with E-state index < -0.39 is 11.6 Å². The van der Waals surface area contributed by atoms with E-state index in [1.54, 1.807) is 22.3 Å². The molecule has 2 unspecified atom stereocenters. The zero-order valence-electron chi connectivity index (χ0n) is 15.1. The molecule has 1 spiro atoms. The van der Waals surface area contributed by atoms with Crippen LogP contribution in [0.5, 0.6) is 0 Å². The van der Waals surface area contributed by atoms with E-state index in [2.05, 4.69) is 11.9 Å². The highest BCUT2D eigenvalue weighted by atomic mass is 32.1. The first-order chi connectivity index (χ1) is 12.5. The number of hydrogen-bond donors (Lipinski definition) is 1. The summed E-state index contributed by atoms with van der Waals surface area (Å²) in [7, 11) is 0. The maximum atomic E-state index is 13.0. The molecule has 1 aliphatic heterocycles. The Labute approximate surface area is 157 Å². The van der Waals surface area contributed by atoms with Crippen LogP contribution >= 0.6 is 11.3 Å². The predicted molar refractivity (Wildman–Crippen MR) is 101 cm³/mol. The number of imide groups is 1. The predicted octanol–water partition coefficient (Wildman–Crippen LogP) is 2.76. The highest BCUT2D eigenvalue weighted by Crippen LogP contribution is 2.38. The van der Waals surface area contributed by atoms with Gasteiger partial charge in [0.05, 0.1) is 6.54 Å². The lowest BCUT2D eigenvalue weighted by molar-refractivity contribution is -0.140. The smallest absolute Gasteiger partial charge is 0.325 e. The zero-order chi connectivity index (χ0) is 18.7. The Morgan fingerprint density at radius 2 is 2.31 bits per heavy atom. The summed E-state index contributed by atoms with van der Waals surface area (Å²) in [4.78, 5) is 42.0. The monoisotopic (exact) mass is 375 g/mol. The van der Waals surface area contributed by atoms with E-state index >= 15 is 0 Å². The van der Waals surface area contributed by atoms with Gasteiger partial charge in [-0.25, -0.2) is 4.79 Å². The standard InChI is InChI=1S/C19H25N3O3S/c1-3-10-21(12-15-8-6-11-26-15)16(23)13-22-17(24)19(20-18(22)25)9-5-4-7-14(19)2/h3,6,8,11,14H,1,4-5,7,9-10,12-13H2,2H3,(H,20,25). The molecule has 2 aliphatic rings. The highest BCUT2D eigenvalue weighted by Gasteiger charge is 2.55. The first kappa shape index (κ1) is 18.6. The average molecular weight is 375 g/mol. The van der Waals surface area contributed by atoms with Gasteiger partial charge in [0, 0.05) is 11.4 Å². The Balaban J connectivity index is 1.72. The SMILES string of the molecule is C=CCN(Cc1cccs1)C(=O)CN1C(=O)NC2(CCCCC2C)C1=O. The van der Waals surface area contributed by atoms with E-state index in [-0.39, 0.29) is 24.3 Å². The molecule has 2 heterocycles. The molecule has 1 aromatic heterocycles. The van der Waals surface area contributed by atoms with Crippen LogP contribution in [0.3, 0.4) is 0 Å². The summed E-state index contributed by atoms with van der Waals surface area (Å²) in [5, 5.41) is 4.85. The third-order valence-electron chi connectivity index (χ3n) is 5.42. The van der Waals surface area contributed by atoms with Crippen LogP contribution in [0.1, 0.15) is 37.5 Å². The molecule has 140 valence electrons. The summed E-state index contributed by atoms with van der Waals surface area (Å²) in [6, 6.07) is 3.44. The molecular weight excluding hydrogens is 350 g/mol. The van der Waals surface area contributed by atoms with Gasteiger partial charge in [0.2, 0.25) is 5.91 Å². The summed E-state index contributed by atoms with van der Waals surface area (Å²) in [6.45, 7) is 6.31. The van der Waals surface area contributed by atoms with Crippen LogP contribution in [-0.4, -0.2) is 46.3 Å². The maximum Gasteiger partial charge on any atom is 0.325 e. The van der Waals surface area contributed by atoms with Crippen LogP contribution in [0.15, 0.2) is 30.2 Å². The van der Waals surface area contributed by atoms with E-state index in [0.717, 1.165) is 29.0 Å². The van der Waals surface area contributed by atoms with Crippen LogP contribution in [0.4, 0.5) is 4.79 Å². The van der Waals surface area contributed by atoms with Gasteiger partial charge in [-0.1, -0.05) is 31.9 Å². The normalized spacial score (nSPS) is 25.4. The molecule has 1 N–H and O–H groups in total. The maximum absolute atomic E-state index is 13.0. The third kappa shape index (κ3) is 3.40. The molecule has 1 aromatic rings. The first-order valence-corrected chi connectivity index (χ1v) is 9.91. The van der Waals surface area contributed by atoms with E-state index in [9.17, 15) is 14.4 Å². The molecule has 0 radical (unpaired) electrons. The number of carbonyl (C=O) groups excluding carboxylic acids is 3. The van der Waals surface area contributed by atoms with Crippen molar-refractivity contribution in [1.29, 1.82) is 0 Å². The van der Waals surface area contributed by atoms with Gasteiger partial charge in [-0.3, -0.25) is 14.5 Å². The van der Waals surface area contributed by atoms with Gasteiger partial charge in [0.1, 0.15) is 12.1 Å². The molecule has 7 heteroatoms. The van der Waals surface area contributed by atoms with Gasteiger partial charge in [-0.15, -0.1) is 17.9 Å². The van der Waals surface area contributed by atoms with E-state index in [1.165, 1.54) is 0 Å². The molecule has 1 aliphatic carbocycles. The van der Waals surface area contributed by atoms with E-state index in [1.807, 2.05) is 24.4 Å². The van der Waals surface area contributed by atoms with Crippen molar-refractivity contribution in [2.24, 2.45) is 5.92 Å². The van der Waals surface area contributed by atoms with E-state index in [4.69, 9.17) is 0 Å². The molecule has 6 nitrogen and oxygen atoms in total. The van der Waals surface area contributed by atoms with Crippen molar-refractivity contribution in [1.82, 2.24) is 15.1 Å². The zero-order valence-corrected chi connectivity index (χ0v) is 15.9. The van der Waals surface area contributed by atoms with Gasteiger partial charge in [0.15, 0.2) is 0 Å². The summed E-state index contributed by atoms with van der Waals surface area (Å²) in [5.74, 6) is -0.414. The van der Waals surface area contributed by atoms with Crippen molar-refractivity contribution >= 4 is 29.2 Å². The van der Waals surface area contributed by atoms with Crippen molar-refractivity contribution in [3.05, 3.63) is 35.0 Å². The Kier molecular flexibility index (Phi) is 5.46. The number of nitrogens with one attached hydrogen (secondary N) is 1. The molecule has 0 aromatic carbocycles. The van der Waals surface area contributed by atoms with Gasteiger partial charge >= 0.3 is 6.03 Å². The fourth-order valence-electron chi connectivity index (χ4n) is 3.88. The summed E-state index contributed by atoms with van der Waals surface area (Å²) in [6.07, 6.45) is 5.20. The molecule has 1 saturated heterocycles. The second-order valence-corrected chi connectivity index (χ2v) is 8.11. The van der Waals surface area contributed by atoms with Gasteiger partial charge < -0.3 is 10.2 Å². The topological polar surface area (TPSA) is 69.7 Å². The van der Waals surface area contributed by atoms with Gasteiger partial charge in [-0.2, -0.15) is 0 Å². The molecule has 26 heavy (non-hydrogen) atoms. The third-order valence-corrected chi connectivity index (χ3v) is 6.28. The van der Waals surface area contributed by atoms with Crippen LogP contribution < -0.4 is 5.32 Å². The van der Waals surface area contributed by atoms with Gasteiger partial charge in [-0.05, 0) is 30.2 Å². The Hall–Kier alpha value is -2.15. The minimum atomic E-state index is -0.827. The minimum Gasteiger partial charge on any atom is -0.332 e. The molecule has 1 saturated carbocycles. The fourth-order valence-corrected chi connectivity index (χ4v) is 4.59. The van der Waals surface area contributed by atoms with Crippen molar-refractivity contribution in [2.45, 2.75) is 44.7 Å². The lowest BCUT2D eigenvalue weighted by Gasteiger charge is -2.36. The number of rotatable bonds is 6. The number of thiophene rings is 1. The van der Waals surface area contributed by atoms with Crippen LogP contribution in [0.25, 0.3) is 0 Å². The van der Waals surface area contributed by atoms with Crippen molar-refractivity contribution in [2.75, 3.05) is 13.1 Å². The average Bonchev–Trinajstić information content (AvgIpc) is 3.20. The van der Waals surface area contributed by atoms with E-state index in [0.29, 0.717) is 19.5 Å². The summed E-state index contributed by atoms with van der Waals surface area (Å²) < 4.78 is 0. The Bertz CT molecular complexity index is 703. The fraction of sp³-hybridized carbons (Fsp3) is 0.526. The quantitative estimate of drug-likeness (QED) is 0.614. The molecule has 0 bridgehead atoms. The Morgan fingerprint density at radius 1 is 1.50 bits per heavy atom. The number of nitrogens with zero attached hydrogens (tertiary/aromatic N) is 2. The van der Waals surface area contributed by atoms with Crippen LogP contribution in [0.2, 0.25) is 0 Å². The summed E-state index contributed by atoms with van der Waals surface area (Å²) in [5.41, 5.74) is -0.827. The molecule has 3 rings (SSSR count). The number of urea groups is 1. The first-order valence-electron chi connectivity index (χ1n) is 9.03. The van der Waals surface area contributed by atoms with Crippen molar-refractivity contribution < 1.29 is 14.4 Å². The minimum absolute atomic E-state index is 0.0863. The second-order valence-electron chi connectivity index (χ2n) is 7.08. The molecule has 4 amide bonds. The lowest BCUT2D eigenvalue weighted by atomic mass is 9.73. The highest BCUT2D eigenvalue weighted by molar-refractivity contribution is 7.09. The summed E-state index contributed by atoms with van der Waals surface area (Å²) >= 11 is 1.57. The van der Waals surface area contributed by atoms with Gasteiger partial charge in [0.25, 0.3) is 5.91 Å². The van der Waals surface area contributed by atoms with Crippen molar-refractivity contribution in [3.8, 4) is 0 Å².